The molecule has 0 saturated heterocycles. The van der Waals surface area contributed by atoms with Crippen LogP contribution in [0.3, 0.4) is 0 Å². The van der Waals surface area contributed by atoms with E-state index >= 15 is 0 Å². The molecule has 0 unspecified atom stereocenters. The van der Waals surface area contributed by atoms with E-state index in [4.69, 9.17) is 15.3 Å². The zero-order valence-corrected chi connectivity index (χ0v) is 5.32. The third-order valence-electron chi connectivity index (χ3n) is 1.03. The normalized spacial score (nSPS) is 10.7. The maximum atomic E-state index is 8.44. The third-order valence-corrected chi connectivity index (χ3v) is 1.03. The Kier molecular flexibility index (Phi) is 5.86. The fourth-order valence-electron chi connectivity index (χ4n) is 0.480. The molecule has 3 N–H and O–H groups in total. The van der Waals surface area contributed by atoms with Crippen LogP contribution in [0.25, 0.3) is 0 Å². The van der Waals surface area contributed by atoms with Crippen LogP contribution >= 0.6 is 0 Å². The van der Waals surface area contributed by atoms with Gasteiger partial charge in [-0.15, -0.1) is 0 Å². The van der Waals surface area contributed by atoms with E-state index in [0.717, 1.165) is 0 Å². The van der Waals surface area contributed by atoms with Gasteiger partial charge in [-0.25, -0.2) is 0 Å². The molecular weight excluding hydrogens is 122 g/mol. The lowest BCUT2D eigenvalue weighted by molar-refractivity contribution is 0.0258. The van der Waals surface area contributed by atoms with Crippen molar-refractivity contribution in [1.29, 1.82) is 0 Å². The molecule has 0 aromatic heterocycles. The summed E-state index contributed by atoms with van der Waals surface area (Å²) >= 11 is 0. The molecule has 9 heavy (non-hydrogen) atoms. The summed E-state index contributed by atoms with van der Waals surface area (Å²) in [5.74, 6) is 0. The SMILES string of the molecule is OCCCN(CO)CO. The van der Waals surface area contributed by atoms with Crippen LogP contribution in [-0.4, -0.2) is 46.8 Å². The van der Waals surface area contributed by atoms with Gasteiger partial charge in [0.1, 0.15) is 0 Å². The Morgan fingerprint density at radius 1 is 1.00 bits per heavy atom. The Morgan fingerprint density at radius 2 is 1.56 bits per heavy atom. The van der Waals surface area contributed by atoms with Crippen molar-refractivity contribution in [3.63, 3.8) is 0 Å². The maximum Gasteiger partial charge on any atom is 0.0974 e. The number of aliphatic hydroxyl groups is 3. The first-order valence-electron chi connectivity index (χ1n) is 2.90. The topological polar surface area (TPSA) is 63.9 Å². The van der Waals surface area contributed by atoms with Gasteiger partial charge in [-0.3, -0.25) is 4.90 Å². The standard InChI is InChI=1S/C5H13NO3/c7-3-1-2-6(4-8)5-9/h7-9H,1-5H2. The monoisotopic (exact) mass is 135 g/mol. The summed E-state index contributed by atoms with van der Waals surface area (Å²) in [6, 6.07) is 0. The first-order valence-corrected chi connectivity index (χ1v) is 2.90. The average molecular weight is 135 g/mol. The lowest BCUT2D eigenvalue weighted by Gasteiger charge is -2.14. The molecule has 0 aliphatic carbocycles. The van der Waals surface area contributed by atoms with Gasteiger partial charge in [0.25, 0.3) is 0 Å². The molecule has 0 heterocycles. The quantitative estimate of drug-likeness (QED) is 0.404. The van der Waals surface area contributed by atoms with E-state index in [1.165, 1.54) is 4.90 Å². The maximum absolute atomic E-state index is 8.44. The summed E-state index contributed by atoms with van der Waals surface area (Å²) in [4.78, 5) is 1.41. The molecule has 0 bridgehead atoms. The van der Waals surface area contributed by atoms with Gasteiger partial charge in [0.2, 0.25) is 0 Å². The molecule has 4 nitrogen and oxygen atoms in total. The van der Waals surface area contributed by atoms with Crippen LogP contribution in [0.5, 0.6) is 0 Å². The molecule has 0 aliphatic heterocycles. The second-order valence-corrected chi connectivity index (χ2v) is 1.75. The molecule has 0 spiro atoms. The van der Waals surface area contributed by atoms with Gasteiger partial charge >= 0.3 is 0 Å². The molecule has 56 valence electrons. The van der Waals surface area contributed by atoms with E-state index in [2.05, 4.69) is 0 Å². The summed E-state index contributed by atoms with van der Waals surface area (Å²) in [6.45, 7) is 0.312. The van der Waals surface area contributed by atoms with E-state index in [9.17, 15) is 0 Å². The predicted molar refractivity (Wildman–Crippen MR) is 32.6 cm³/mol. The summed E-state index contributed by atoms with van der Waals surface area (Å²) in [7, 11) is 0. The van der Waals surface area contributed by atoms with E-state index < -0.39 is 0 Å². The molecule has 0 aromatic rings. The van der Waals surface area contributed by atoms with Gasteiger partial charge in [0, 0.05) is 13.2 Å². The molecule has 0 rings (SSSR count). The Labute approximate surface area is 54.3 Å². The van der Waals surface area contributed by atoms with Crippen molar-refractivity contribution in [2.24, 2.45) is 0 Å². The van der Waals surface area contributed by atoms with E-state index in [1.807, 2.05) is 0 Å². The highest BCUT2D eigenvalue weighted by Gasteiger charge is 1.97. The lowest BCUT2D eigenvalue weighted by atomic mass is 10.4. The van der Waals surface area contributed by atoms with Crippen molar-refractivity contribution in [2.75, 3.05) is 26.6 Å². The minimum absolute atomic E-state index is 0.0938. The molecule has 0 radical (unpaired) electrons. The lowest BCUT2D eigenvalue weighted by Crippen LogP contribution is -2.27. The molecule has 0 aliphatic rings. The largest absolute Gasteiger partial charge is 0.396 e. The van der Waals surface area contributed by atoms with Crippen LogP contribution in [0.1, 0.15) is 6.42 Å². The summed E-state index contributed by atoms with van der Waals surface area (Å²) in [6.07, 6.45) is 0.584. The minimum Gasteiger partial charge on any atom is -0.396 e. The molecule has 0 atom stereocenters. The van der Waals surface area contributed by atoms with Crippen LogP contribution < -0.4 is 0 Å². The minimum atomic E-state index is -0.156. The number of hydrogen-bond donors (Lipinski definition) is 3. The fourth-order valence-corrected chi connectivity index (χ4v) is 0.480. The first kappa shape index (κ1) is 8.84. The zero-order valence-electron chi connectivity index (χ0n) is 5.32. The van der Waals surface area contributed by atoms with Gasteiger partial charge in [0.15, 0.2) is 0 Å². The van der Waals surface area contributed by atoms with Crippen molar-refractivity contribution in [3.05, 3.63) is 0 Å². The second-order valence-electron chi connectivity index (χ2n) is 1.75. The fraction of sp³-hybridized carbons (Fsp3) is 1.00. The molecule has 0 saturated carbocycles. The van der Waals surface area contributed by atoms with Crippen molar-refractivity contribution in [2.45, 2.75) is 6.42 Å². The molecule has 0 aromatic carbocycles. The number of rotatable bonds is 5. The van der Waals surface area contributed by atoms with Gasteiger partial charge in [-0.1, -0.05) is 0 Å². The Hall–Kier alpha value is -0.160. The van der Waals surface area contributed by atoms with Crippen molar-refractivity contribution >= 4 is 0 Å². The Balaban J connectivity index is 3.09. The van der Waals surface area contributed by atoms with Crippen LogP contribution in [-0.2, 0) is 0 Å². The summed E-state index contributed by atoms with van der Waals surface area (Å²) in [5.41, 5.74) is 0. The van der Waals surface area contributed by atoms with Gasteiger partial charge in [-0.05, 0) is 6.42 Å². The smallest absolute Gasteiger partial charge is 0.0974 e. The molecule has 0 fully saturated rings. The van der Waals surface area contributed by atoms with Crippen molar-refractivity contribution in [1.82, 2.24) is 4.90 Å². The van der Waals surface area contributed by atoms with Crippen LogP contribution in [0.15, 0.2) is 0 Å². The average Bonchev–Trinajstić information content (AvgIpc) is 1.91. The number of aliphatic hydroxyl groups excluding tert-OH is 3. The third kappa shape index (κ3) is 4.35. The number of nitrogens with zero attached hydrogens (tertiary/aromatic N) is 1. The van der Waals surface area contributed by atoms with Crippen LogP contribution in [0.2, 0.25) is 0 Å². The molecule has 4 heteroatoms. The van der Waals surface area contributed by atoms with Crippen molar-refractivity contribution in [3.8, 4) is 0 Å². The van der Waals surface area contributed by atoms with Crippen LogP contribution in [0.4, 0.5) is 0 Å². The highest BCUT2D eigenvalue weighted by atomic mass is 16.3. The van der Waals surface area contributed by atoms with E-state index in [-0.39, 0.29) is 20.1 Å². The van der Waals surface area contributed by atoms with Crippen LogP contribution in [0, 0.1) is 0 Å². The molecule has 0 amide bonds. The Bertz CT molecular complexity index is 56.2. The van der Waals surface area contributed by atoms with E-state index in [0.29, 0.717) is 13.0 Å². The second kappa shape index (κ2) is 5.97. The predicted octanol–water partition coefficient (Wildman–Crippen LogP) is -1.43. The Morgan fingerprint density at radius 3 is 1.89 bits per heavy atom. The van der Waals surface area contributed by atoms with Gasteiger partial charge < -0.3 is 15.3 Å². The zero-order chi connectivity index (χ0) is 7.11. The van der Waals surface area contributed by atoms with Gasteiger partial charge in [0.05, 0.1) is 13.5 Å². The first-order chi connectivity index (χ1) is 4.35. The highest BCUT2D eigenvalue weighted by Crippen LogP contribution is 1.85. The van der Waals surface area contributed by atoms with Crippen molar-refractivity contribution < 1.29 is 15.3 Å². The highest BCUT2D eigenvalue weighted by molar-refractivity contribution is 4.44. The van der Waals surface area contributed by atoms with E-state index in [1.54, 1.807) is 0 Å². The summed E-state index contributed by atoms with van der Waals surface area (Å²) < 4.78 is 0. The molecular formula is C5H13NO3. The van der Waals surface area contributed by atoms with Gasteiger partial charge in [-0.2, -0.15) is 0 Å². The number of hydrogen-bond acceptors (Lipinski definition) is 4. The summed E-state index contributed by atoms with van der Waals surface area (Å²) in [5, 5.41) is 25.2.